The Labute approximate surface area is 93.0 Å². The Hall–Kier alpha value is -1.18. The highest BCUT2D eigenvalue weighted by Crippen LogP contribution is 2.28. The van der Waals surface area contributed by atoms with Gasteiger partial charge in [0.2, 0.25) is 0 Å². The maximum Gasteiger partial charge on any atom is 0.398 e. The molecule has 0 unspecified atom stereocenters. The van der Waals surface area contributed by atoms with Crippen molar-refractivity contribution in [1.82, 2.24) is 9.78 Å². The largest absolute Gasteiger partial charge is 0.398 e. The van der Waals surface area contributed by atoms with Gasteiger partial charge in [0.1, 0.15) is 5.39 Å². The fraction of sp³-hybridized carbons (Fsp3) is 0.125. The molecule has 0 aliphatic heterocycles. The van der Waals surface area contributed by atoms with E-state index in [0.29, 0.717) is 5.39 Å². The summed E-state index contributed by atoms with van der Waals surface area (Å²) < 4.78 is 2.37. The van der Waals surface area contributed by atoms with Crippen molar-refractivity contribution in [2.24, 2.45) is 7.05 Å². The van der Waals surface area contributed by atoms with Crippen molar-refractivity contribution in [3.8, 4) is 0 Å². The molecule has 5 nitrogen and oxygen atoms in total. The normalized spacial score (nSPS) is 10.7. The maximum atomic E-state index is 10.7. The van der Waals surface area contributed by atoms with Gasteiger partial charge in [-0.1, -0.05) is 6.07 Å². The highest BCUT2D eigenvalue weighted by Gasteiger charge is 2.21. The van der Waals surface area contributed by atoms with Crippen molar-refractivity contribution >= 4 is 39.3 Å². The number of hydrogen-bond acceptors (Lipinski definition) is 3. The standard InChI is InChI=1S/C8H6IN3O2/c1-11-6-4-2-3-5(9)7(6)8(10-11)12(13)14/h2-4H,1H3. The lowest BCUT2D eigenvalue weighted by atomic mass is 10.2. The van der Waals surface area contributed by atoms with Crippen molar-refractivity contribution < 1.29 is 4.92 Å². The first-order chi connectivity index (χ1) is 6.61. The van der Waals surface area contributed by atoms with Crippen LogP contribution in [0.25, 0.3) is 10.9 Å². The Bertz CT molecular complexity index is 521. The summed E-state index contributed by atoms with van der Waals surface area (Å²) in [5.41, 5.74) is 0.781. The van der Waals surface area contributed by atoms with Crippen LogP contribution in [0.3, 0.4) is 0 Å². The molecule has 0 atom stereocenters. The van der Waals surface area contributed by atoms with Crippen LogP contribution in [0.1, 0.15) is 0 Å². The predicted octanol–water partition coefficient (Wildman–Crippen LogP) is 2.09. The number of halogens is 1. The Balaban J connectivity index is 2.93. The van der Waals surface area contributed by atoms with Crippen LogP contribution in [0.2, 0.25) is 0 Å². The van der Waals surface area contributed by atoms with Gasteiger partial charge in [-0.05, 0) is 39.6 Å². The van der Waals surface area contributed by atoms with Gasteiger partial charge in [0.15, 0.2) is 0 Å². The summed E-state index contributed by atoms with van der Waals surface area (Å²) in [6.07, 6.45) is 0. The second kappa shape index (κ2) is 3.19. The van der Waals surface area contributed by atoms with Gasteiger partial charge >= 0.3 is 5.82 Å². The molecule has 0 amide bonds. The van der Waals surface area contributed by atoms with Crippen LogP contribution >= 0.6 is 22.6 Å². The van der Waals surface area contributed by atoms with E-state index in [4.69, 9.17) is 0 Å². The van der Waals surface area contributed by atoms with Crippen molar-refractivity contribution in [2.45, 2.75) is 0 Å². The number of aryl methyl sites for hydroxylation is 1. The highest BCUT2D eigenvalue weighted by molar-refractivity contribution is 14.1. The van der Waals surface area contributed by atoms with E-state index in [0.717, 1.165) is 9.09 Å². The van der Waals surface area contributed by atoms with Crippen LogP contribution in [0, 0.1) is 13.7 Å². The number of benzene rings is 1. The second-order valence-corrected chi connectivity index (χ2v) is 4.00. The molecule has 2 aromatic rings. The summed E-state index contributed by atoms with van der Waals surface area (Å²) >= 11 is 2.07. The van der Waals surface area contributed by atoms with E-state index in [1.165, 1.54) is 4.68 Å². The number of aromatic nitrogens is 2. The number of nitro groups is 1. The summed E-state index contributed by atoms with van der Waals surface area (Å²) in [5.74, 6) is -0.0764. The molecule has 1 aromatic heterocycles. The van der Waals surface area contributed by atoms with Crippen LogP contribution in [-0.4, -0.2) is 14.7 Å². The monoisotopic (exact) mass is 303 g/mol. The van der Waals surface area contributed by atoms with Crippen LogP contribution in [-0.2, 0) is 7.05 Å². The van der Waals surface area contributed by atoms with Crippen molar-refractivity contribution in [3.05, 3.63) is 31.9 Å². The molecule has 2 rings (SSSR count). The first-order valence-corrected chi connectivity index (χ1v) is 4.94. The predicted molar refractivity (Wildman–Crippen MR) is 60.1 cm³/mol. The third-order valence-electron chi connectivity index (χ3n) is 1.98. The second-order valence-electron chi connectivity index (χ2n) is 2.84. The van der Waals surface area contributed by atoms with E-state index in [2.05, 4.69) is 27.7 Å². The van der Waals surface area contributed by atoms with Gasteiger partial charge < -0.3 is 10.1 Å². The molecular formula is C8H6IN3O2. The molecule has 1 aromatic carbocycles. The smallest absolute Gasteiger partial charge is 0.358 e. The van der Waals surface area contributed by atoms with Gasteiger partial charge in [0, 0.05) is 3.57 Å². The zero-order valence-corrected chi connectivity index (χ0v) is 9.43. The molecule has 0 bridgehead atoms. The summed E-state index contributed by atoms with van der Waals surface area (Å²) in [6.45, 7) is 0. The molecule has 0 fully saturated rings. The Morgan fingerprint density at radius 1 is 1.57 bits per heavy atom. The van der Waals surface area contributed by atoms with E-state index in [1.54, 1.807) is 7.05 Å². The van der Waals surface area contributed by atoms with Crippen LogP contribution in [0.15, 0.2) is 18.2 Å². The van der Waals surface area contributed by atoms with Crippen LogP contribution in [0.4, 0.5) is 5.82 Å². The fourth-order valence-electron chi connectivity index (χ4n) is 1.38. The molecule has 0 radical (unpaired) electrons. The number of fused-ring (bicyclic) bond motifs is 1. The summed E-state index contributed by atoms with van der Waals surface area (Å²) in [7, 11) is 1.70. The quantitative estimate of drug-likeness (QED) is 0.460. The number of nitrogens with zero attached hydrogens (tertiary/aromatic N) is 3. The van der Waals surface area contributed by atoms with Gasteiger partial charge in [-0.25, -0.2) is 0 Å². The van der Waals surface area contributed by atoms with Crippen LogP contribution in [0.5, 0.6) is 0 Å². The zero-order chi connectivity index (χ0) is 10.3. The van der Waals surface area contributed by atoms with Crippen molar-refractivity contribution in [3.63, 3.8) is 0 Å². The molecule has 0 spiro atoms. The molecule has 0 aliphatic rings. The fourth-order valence-corrected chi connectivity index (χ4v) is 2.10. The van der Waals surface area contributed by atoms with E-state index in [9.17, 15) is 10.1 Å². The molecule has 0 N–H and O–H groups in total. The summed E-state index contributed by atoms with van der Waals surface area (Å²) in [5, 5.41) is 15.2. The minimum atomic E-state index is -0.454. The molecule has 1 heterocycles. The molecule has 6 heteroatoms. The van der Waals surface area contributed by atoms with Crippen LogP contribution < -0.4 is 0 Å². The Morgan fingerprint density at radius 3 is 2.93 bits per heavy atom. The SMILES string of the molecule is Cn1nc([N+](=O)[O-])c2c(I)cccc21. The number of hydrogen-bond donors (Lipinski definition) is 0. The average molecular weight is 303 g/mol. The van der Waals surface area contributed by atoms with Crippen molar-refractivity contribution in [1.29, 1.82) is 0 Å². The molecule has 0 saturated carbocycles. The lowest BCUT2D eigenvalue weighted by molar-refractivity contribution is -0.388. The Kier molecular flexibility index (Phi) is 2.14. The van der Waals surface area contributed by atoms with Crippen molar-refractivity contribution in [2.75, 3.05) is 0 Å². The van der Waals surface area contributed by atoms with Gasteiger partial charge in [-0.15, -0.1) is 0 Å². The van der Waals surface area contributed by atoms with Gasteiger partial charge in [-0.2, -0.15) is 4.68 Å². The highest BCUT2D eigenvalue weighted by atomic mass is 127. The minimum absolute atomic E-state index is 0.0764. The average Bonchev–Trinajstić information content (AvgIpc) is 2.46. The first kappa shape index (κ1) is 9.38. The van der Waals surface area contributed by atoms with Gasteiger partial charge in [0.25, 0.3) is 0 Å². The first-order valence-electron chi connectivity index (χ1n) is 3.87. The van der Waals surface area contributed by atoms with E-state index >= 15 is 0 Å². The summed E-state index contributed by atoms with van der Waals surface area (Å²) in [6, 6.07) is 5.50. The molecule has 72 valence electrons. The summed E-state index contributed by atoms with van der Waals surface area (Å²) in [4.78, 5) is 10.3. The topological polar surface area (TPSA) is 61.0 Å². The lowest BCUT2D eigenvalue weighted by Gasteiger charge is -1.92. The molecular weight excluding hydrogens is 297 g/mol. The molecule has 0 saturated heterocycles. The van der Waals surface area contributed by atoms with E-state index in [-0.39, 0.29) is 5.82 Å². The maximum absolute atomic E-state index is 10.7. The third-order valence-corrected chi connectivity index (χ3v) is 2.88. The lowest BCUT2D eigenvalue weighted by Crippen LogP contribution is -1.92. The molecule has 0 aliphatic carbocycles. The third kappa shape index (κ3) is 1.26. The molecule has 14 heavy (non-hydrogen) atoms. The van der Waals surface area contributed by atoms with Gasteiger partial charge in [-0.3, -0.25) is 0 Å². The van der Waals surface area contributed by atoms with E-state index < -0.39 is 4.92 Å². The number of rotatable bonds is 1. The zero-order valence-electron chi connectivity index (χ0n) is 7.27. The minimum Gasteiger partial charge on any atom is -0.358 e. The Morgan fingerprint density at radius 2 is 2.29 bits per heavy atom. The van der Waals surface area contributed by atoms with E-state index in [1.807, 2.05) is 18.2 Å². The van der Waals surface area contributed by atoms with Gasteiger partial charge in [0.05, 0.1) is 17.7 Å².